The maximum atomic E-state index is 13.3. The Kier molecular flexibility index (Phi) is 3.78. The van der Waals surface area contributed by atoms with Gasteiger partial charge in [0.25, 0.3) is 0 Å². The molecule has 1 unspecified atom stereocenters. The third-order valence-corrected chi connectivity index (χ3v) is 2.73. The van der Waals surface area contributed by atoms with Crippen molar-refractivity contribution in [1.29, 1.82) is 0 Å². The van der Waals surface area contributed by atoms with E-state index < -0.39 is 23.6 Å². The van der Waals surface area contributed by atoms with Crippen molar-refractivity contribution in [2.75, 3.05) is 0 Å². The summed E-state index contributed by atoms with van der Waals surface area (Å²) in [5.74, 6) is -4.48. The molecule has 1 aromatic carbocycles. The molecule has 0 spiro atoms. The van der Waals surface area contributed by atoms with E-state index >= 15 is 0 Å². The molecule has 1 aromatic rings. The first-order valence-electron chi connectivity index (χ1n) is 4.37. The lowest BCUT2D eigenvalue weighted by molar-refractivity contribution is 0.120. The smallest absolute Gasteiger partial charge is 0.194 e. The number of aliphatic hydroxyl groups is 1. The molecule has 1 nitrogen and oxygen atoms in total. The summed E-state index contributed by atoms with van der Waals surface area (Å²) in [6.07, 6.45) is -1.17. The second-order valence-corrected chi connectivity index (χ2v) is 4.43. The molecule has 0 heterocycles. The van der Waals surface area contributed by atoms with Crippen LogP contribution in [0, 0.1) is 23.4 Å². The van der Waals surface area contributed by atoms with Gasteiger partial charge >= 0.3 is 0 Å². The van der Waals surface area contributed by atoms with Crippen LogP contribution >= 0.6 is 15.9 Å². The summed E-state index contributed by atoms with van der Waals surface area (Å²) in [6, 6.07) is 0.805. The average molecular weight is 283 g/mol. The minimum atomic E-state index is -1.56. The minimum absolute atomic E-state index is 0.0279. The van der Waals surface area contributed by atoms with Gasteiger partial charge in [-0.05, 0) is 12.0 Å². The zero-order valence-corrected chi connectivity index (χ0v) is 9.78. The van der Waals surface area contributed by atoms with Gasteiger partial charge in [-0.15, -0.1) is 0 Å². The molecule has 1 rings (SSSR count). The maximum absolute atomic E-state index is 13.3. The van der Waals surface area contributed by atoms with Gasteiger partial charge in [0, 0.05) is 10.0 Å². The van der Waals surface area contributed by atoms with Gasteiger partial charge in [-0.1, -0.05) is 29.8 Å². The largest absolute Gasteiger partial charge is 0.388 e. The number of aliphatic hydroxyl groups excluding tert-OH is 1. The normalized spacial score (nSPS) is 13.3. The Bertz CT molecular complexity index is 379. The molecule has 0 aliphatic heterocycles. The van der Waals surface area contributed by atoms with Gasteiger partial charge in [0.05, 0.1) is 6.10 Å². The molecule has 1 N–H and O–H groups in total. The Hall–Kier alpha value is -0.550. The zero-order valence-electron chi connectivity index (χ0n) is 8.19. The molecular formula is C10H10BrF3O. The molecule has 1 atom stereocenters. The topological polar surface area (TPSA) is 20.2 Å². The van der Waals surface area contributed by atoms with Crippen LogP contribution in [0.2, 0.25) is 0 Å². The summed E-state index contributed by atoms with van der Waals surface area (Å²) >= 11 is 2.89. The van der Waals surface area contributed by atoms with Crippen LogP contribution in [0.15, 0.2) is 10.5 Å². The molecule has 0 bridgehead atoms. The average Bonchev–Trinajstić information content (AvgIpc) is 2.14. The number of hydrogen-bond acceptors (Lipinski definition) is 1. The fourth-order valence-corrected chi connectivity index (χ4v) is 1.79. The van der Waals surface area contributed by atoms with Crippen molar-refractivity contribution < 1.29 is 18.3 Å². The van der Waals surface area contributed by atoms with E-state index in [0.717, 1.165) is 6.07 Å². The summed E-state index contributed by atoms with van der Waals surface area (Å²) in [4.78, 5) is 0. The van der Waals surface area contributed by atoms with Gasteiger partial charge in [0.15, 0.2) is 17.5 Å². The summed E-state index contributed by atoms with van der Waals surface area (Å²) in [5, 5.41) is 9.62. The number of hydrogen-bond donors (Lipinski definition) is 1. The van der Waals surface area contributed by atoms with Crippen molar-refractivity contribution in [1.82, 2.24) is 0 Å². The second-order valence-electron chi connectivity index (χ2n) is 3.57. The highest BCUT2D eigenvalue weighted by Crippen LogP contribution is 2.33. The summed E-state index contributed by atoms with van der Waals surface area (Å²) < 4.78 is 39.0. The molecule has 0 saturated carbocycles. The Morgan fingerprint density at radius 3 is 2.20 bits per heavy atom. The SMILES string of the molecule is CC(C)C(O)c1c(Br)cc(F)c(F)c1F. The quantitative estimate of drug-likeness (QED) is 0.650. The molecule has 0 saturated heterocycles. The third kappa shape index (κ3) is 2.34. The van der Waals surface area contributed by atoms with E-state index in [4.69, 9.17) is 0 Å². The molecule has 0 fully saturated rings. The van der Waals surface area contributed by atoms with Crippen LogP contribution in [0.4, 0.5) is 13.2 Å². The summed E-state index contributed by atoms with van der Waals surface area (Å²) in [6.45, 7) is 3.30. The van der Waals surface area contributed by atoms with Gasteiger partial charge in [0.2, 0.25) is 0 Å². The Morgan fingerprint density at radius 1 is 1.20 bits per heavy atom. The van der Waals surface area contributed by atoms with Crippen LogP contribution in [-0.4, -0.2) is 5.11 Å². The van der Waals surface area contributed by atoms with Crippen LogP contribution < -0.4 is 0 Å². The summed E-state index contributed by atoms with van der Waals surface area (Å²) in [5.41, 5.74) is -0.246. The molecule has 0 aliphatic rings. The lowest BCUT2D eigenvalue weighted by Gasteiger charge is -2.17. The van der Waals surface area contributed by atoms with E-state index in [-0.39, 0.29) is 16.0 Å². The highest BCUT2D eigenvalue weighted by atomic mass is 79.9. The van der Waals surface area contributed by atoms with E-state index in [9.17, 15) is 18.3 Å². The van der Waals surface area contributed by atoms with Crippen LogP contribution in [0.5, 0.6) is 0 Å². The first-order chi connectivity index (χ1) is 6.86. The van der Waals surface area contributed by atoms with Crippen molar-refractivity contribution in [2.45, 2.75) is 20.0 Å². The molecule has 0 amide bonds. The lowest BCUT2D eigenvalue weighted by atomic mass is 9.98. The van der Waals surface area contributed by atoms with Crippen molar-refractivity contribution in [2.24, 2.45) is 5.92 Å². The van der Waals surface area contributed by atoms with E-state index in [1.165, 1.54) is 0 Å². The van der Waals surface area contributed by atoms with Gasteiger partial charge < -0.3 is 5.11 Å². The van der Waals surface area contributed by atoms with Gasteiger partial charge in [-0.3, -0.25) is 0 Å². The van der Waals surface area contributed by atoms with E-state index in [0.29, 0.717) is 0 Å². The van der Waals surface area contributed by atoms with Gasteiger partial charge in [0.1, 0.15) is 0 Å². The number of benzene rings is 1. The second kappa shape index (κ2) is 4.53. The van der Waals surface area contributed by atoms with Crippen LogP contribution in [-0.2, 0) is 0 Å². The fourth-order valence-electron chi connectivity index (χ4n) is 1.18. The predicted molar refractivity (Wildman–Crippen MR) is 53.8 cm³/mol. The fraction of sp³-hybridized carbons (Fsp3) is 0.400. The van der Waals surface area contributed by atoms with Crippen LogP contribution in [0.25, 0.3) is 0 Å². The van der Waals surface area contributed by atoms with E-state index in [1.807, 2.05) is 0 Å². The standard InChI is InChI=1S/C10H10BrF3O/c1-4(2)10(15)7-5(11)3-6(12)8(13)9(7)14/h3-4,10,15H,1-2H3. The predicted octanol–water partition coefficient (Wildman–Crippen LogP) is 3.56. The van der Waals surface area contributed by atoms with E-state index in [2.05, 4.69) is 15.9 Å². The molecule has 84 valence electrons. The molecule has 0 aromatic heterocycles. The first kappa shape index (κ1) is 12.5. The highest BCUT2D eigenvalue weighted by Gasteiger charge is 2.24. The molecule has 15 heavy (non-hydrogen) atoms. The van der Waals surface area contributed by atoms with Gasteiger partial charge in [-0.2, -0.15) is 0 Å². The first-order valence-corrected chi connectivity index (χ1v) is 5.16. The van der Waals surface area contributed by atoms with Crippen molar-refractivity contribution in [3.05, 3.63) is 33.6 Å². The molecule has 0 aliphatic carbocycles. The van der Waals surface area contributed by atoms with E-state index in [1.54, 1.807) is 13.8 Å². The Balaban J connectivity index is 3.36. The number of rotatable bonds is 2. The van der Waals surface area contributed by atoms with Crippen LogP contribution in [0.3, 0.4) is 0 Å². The van der Waals surface area contributed by atoms with Gasteiger partial charge in [-0.25, -0.2) is 13.2 Å². The molecular weight excluding hydrogens is 273 g/mol. The highest BCUT2D eigenvalue weighted by molar-refractivity contribution is 9.10. The Labute approximate surface area is 94.0 Å². The van der Waals surface area contributed by atoms with Crippen molar-refractivity contribution >= 4 is 15.9 Å². The maximum Gasteiger partial charge on any atom is 0.194 e. The Morgan fingerprint density at radius 2 is 1.73 bits per heavy atom. The zero-order chi connectivity index (χ0) is 11.7. The van der Waals surface area contributed by atoms with Crippen molar-refractivity contribution in [3.8, 4) is 0 Å². The summed E-state index contributed by atoms with van der Waals surface area (Å²) in [7, 11) is 0. The lowest BCUT2D eigenvalue weighted by Crippen LogP contribution is -2.11. The van der Waals surface area contributed by atoms with Crippen LogP contribution in [0.1, 0.15) is 25.5 Å². The minimum Gasteiger partial charge on any atom is -0.388 e. The number of halogens is 4. The molecule has 5 heteroatoms. The van der Waals surface area contributed by atoms with Crippen molar-refractivity contribution in [3.63, 3.8) is 0 Å². The third-order valence-electron chi connectivity index (χ3n) is 2.08. The molecule has 0 radical (unpaired) electrons. The monoisotopic (exact) mass is 282 g/mol.